The Hall–Kier alpha value is -2.24. The second-order valence-electron chi connectivity index (χ2n) is 7.59. The molecule has 2 unspecified atom stereocenters. The smallest absolute Gasteiger partial charge is 0.141 e. The van der Waals surface area contributed by atoms with Crippen molar-refractivity contribution in [3.05, 3.63) is 42.2 Å². The number of hydrogen-bond donors (Lipinski definition) is 0. The molecule has 130 valence electrons. The highest BCUT2D eigenvalue weighted by Gasteiger charge is 2.41. The van der Waals surface area contributed by atoms with Gasteiger partial charge in [-0.2, -0.15) is 0 Å². The minimum Gasteiger partial charge on any atom is -0.356 e. The number of fused-ring (bicyclic) bond motifs is 1. The van der Waals surface area contributed by atoms with Crippen LogP contribution in [-0.2, 0) is 0 Å². The molecule has 0 amide bonds. The first kappa shape index (κ1) is 15.0. The lowest BCUT2D eigenvalue weighted by Crippen LogP contribution is -2.29. The zero-order valence-electron chi connectivity index (χ0n) is 14.2. The highest BCUT2D eigenvalue weighted by atomic mass is 19.1. The van der Waals surface area contributed by atoms with Crippen LogP contribution in [0.25, 0.3) is 0 Å². The van der Waals surface area contributed by atoms with Crippen molar-refractivity contribution in [2.45, 2.75) is 25.2 Å². The molecular formula is C19H22FN5. The Kier molecular flexibility index (Phi) is 3.57. The van der Waals surface area contributed by atoms with Gasteiger partial charge in [0.15, 0.2) is 0 Å². The Morgan fingerprint density at radius 2 is 1.60 bits per heavy atom. The highest BCUT2D eigenvalue weighted by Crippen LogP contribution is 2.38. The summed E-state index contributed by atoms with van der Waals surface area (Å²) in [7, 11) is 0. The zero-order valence-corrected chi connectivity index (χ0v) is 14.2. The van der Waals surface area contributed by atoms with Crippen LogP contribution in [0.15, 0.2) is 30.7 Å². The molecule has 0 aromatic carbocycles. The Morgan fingerprint density at radius 1 is 0.880 bits per heavy atom. The van der Waals surface area contributed by atoms with Crippen LogP contribution in [0, 0.1) is 17.7 Å². The number of nitrogens with zero attached hydrogens (tertiary/aromatic N) is 5. The summed E-state index contributed by atoms with van der Waals surface area (Å²) in [5, 5.41) is 0. The van der Waals surface area contributed by atoms with Crippen molar-refractivity contribution in [2.24, 2.45) is 11.8 Å². The molecule has 5 nitrogen and oxygen atoms in total. The molecule has 0 radical (unpaired) electrons. The molecule has 0 spiro atoms. The van der Waals surface area contributed by atoms with Crippen molar-refractivity contribution < 1.29 is 4.39 Å². The topological polar surface area (TPSA) is 45.2 Å². The maximum absolute atomic E-state index is 13.1. The molecule has 4 heterocycles. The summed E-state index contributed by atoms with van der Waals surface area (Å²) in [6.07, 6.45) is 6.89. The van der Waals surface area contributed by atoms with Gasteiger partial charge in [0.1, 0.15) is 23.8 Å². The number of pyridine rings is 1. The van der Waals surface area contributed by atoms with Gasteiger partial charge in [-0.3, -0.25) is 0 Å². The van der Waals surface area contributed by atoms with E-state index in [1.54, 1.807) is 12.4 Å². The van der Waals surface area contributed by atoms with Crippen LogP contribution in [0.1, 0.15) is 30.9 Å². The predicted molar refractivity (Wildman–Crippen MR) is 94.2 cm³/mol. The van der Waals surface area contributed by atoms with Crippen LogP contribution in [0.2, 0.25) is 0 Å². The molecule has 1 saturated carbocycles. The fraction of sp³-hybridized carbons (Fsp3) is 0.526. The van der Waals surface area contributed by atoms with Crippen LogP contribution in [0.5, 0.6) is 0 Å². The second-order valence-corrected chi connectivity index (χ2v) is 7.59. The van der Waals surface area contributed by atoms with Crippen LogP contribution >= 0.6 is 0 Å². The molecule has 25 heavy (non-hydrogen) atoms. The first-order chi connectivity index (χ1) is 12.3. The number of rotatable bonds is 3. The van der Waals surface area contributed by atoms with E-state index in [0.717, 1.165) is 37.8 Å². The Balaban J connectivity index is 1.27. The molecule has 5 rings (SSSR count). The van der Waals surface area contributed by atoms with E-state index in [-0.39, 0.29) is 5.82 Å². The third kappa shape index (κ3) is 2.73. The van der Waals surface area contributed by atoms with Gasteiger partial charge in [0.2, 0.25) is 0 Å². The van der Waals surface area contributed by atoms with Crippen molar-refractivity contribution in [2.75, 3.05) is 36.0 Å². The van der Waals surface area contributed by atoms with Crippen LogP contribution in [-0.4, -0.2) is 41.1 Å². The molecule has 0 N–H and O–H groups in total. The first-order valence-corrected chi connectivity index (χ1v) is 9.19. The molecule has 3 aliphatic rings. The van der Waals surface area contributed by atoms with Crippen molar-refractivity contribution in [3.63, 3.8) is 0 Å². The molecule has 6 heteroatoms. The Bertz CT molecular complexity index is 747. The number of halogens is 1. The van der Waals surface area contributed by atoms with Crippen LogP contribution in [0.3, 0.4) is 0 Å². The van der Waals surface area contributed by atoms with E-state index in [0.29, 0.717) is 17.8 Å². The number of anilines is 2. The van der Waals surface area contributed by atoms with Gasteiger partial charge >= 0.3 is 0 Å². The third-order valence-electron chi connectivity index (χ3n) is 6.04. The SMILES string of the molecule is Fc1ccc(N2CC3CN(c4cc(C5CCC5)ncn4)CC3C2)nc1. The van der Waals surface area contributed by atoms with E-state index in [4.69, 9.17) is 0 Å². The third-order valence-corrected chi connectivity index (χ3v) is 6.04. The maximum atomic E-state index is 13.1. The van der Waals surface area contributed by atoms with Gasteiger partial charge in [-0.15, -0.1) is 0 Å². The van der Waals surface area contributed by atoms with Crippen molar-refractivity contribution >= 4 is 11.6 Å². The summed E-state index contributed by atoms with van der Waals surface area (Å²) in [6.45, 7) is 4.04. The Labute approximate surface area is 146 Å². The summed E-state index contributed by atoms with van der Waals surface area (Å²) >= 11 is 0. The van der Waals surface area contributed by atoms with Gasteiger partial charge in [0.05, 0.1) is 6.20 Å². The van der Waals surface area contributed by atoms with Crippen molar-refractivity contribution in [1.29, 1.82) is 0 Å². The highest BCUT2D eigenvalue weighted by molar-refractivity contribution is 5.45. The average molecular weight is 339 g/mol. The second kappa shape index (κ2) is 5.93. The minimum atomic E-state index is -0.277. The van der Waals surface area contributed by atoms with Gasteiger partial charge in [-0.05, 0) is 25.0 Å². The fourth-order valence-corrected chi connectivity index (χ4v) is 4.38. The molecule has 2 aromatic rings. The molecule has 2 aliphatic heterocycles. The number of aromatic nitrogens is 3. The maximum Gasteiger partial charge on any atom is 0.141 e. The van der Waals surface area contributed by atoms with E-state index < -0.39 is 0 Å². The van der Waals surface area contributed by atoms with E-state index in [9.17, 15) is 4.39 Å². The molecule has 3 fully saturated rings. The first-order valence-electron chi connectivity index (χ1n) is 9.19. The summed E-state index contributed by atoms with van der Waals surface area (Å²) in [5.41, 5.74) is 1.21. The predicted octanol–water partition coefficient (Wildman–Crippen LogP) is 2.85. The molecule has 2 aromatic heterocycles. The molecule has 1 aliphatic carbocycles. The summed E-state index contributed by atoms with van der Waals surface area (Å²) < 4.78 is 13.1. The molecular weight excluding hydrogens is 317 g/mol. The fourth-order valence-electron chi connectivity index (χ4n) is 4.38. The summed E-state index contributed by atoms with van der Waals surface area (Å²) in [6, 6.07) is 5.47. The lowest BCUT2D eigenvalue weighted by Gasteiger charge is -2.26. The van der Waals surface area contributed by atoms with Gasteiger partial charge in [-0.25, -0.2) is 19.3 Å². The standard InChI is InChI=1S/C19H22FN5/c20-16-4-5-18(21-7-16)24-8-14-10-25(11-15(14)9-24)19-6-17(22-12-23-19)13-2-1-3-13/h4-7,12-15H,1-3,8-11H2. The summed E-state index contributed by atoms with van der Waals surface area (Å²) in [4.78, 5) is 17.9. The van der Waals surface area contributed by atoms with E-state index in [2.05, 4.69) is 30.8 Å². The van der Waals surface area contributed by atoms with Gasteiger partial charge in [0, 0.05) is 55.7 Å². The van der Waals surface area contributed by atoms with Gasteiger partial charge < -0.3 is 9.80 Å². The summed E-state index contributed by atoms with van der Waals surface area (Å²) in [5.74, 6) is 3.57. The Morgan fingerprint density at radius 3 is 2.20 bits per heavy atom. The normalized spacial score (nSPS) is 26.0. The average Bonchev–Trinajstić information content (AvgIpc) is 3.13. The number of hydrogen-bond acceptors (Lipinski definition) is 5. The van der Waals surface area contributed by atoms with Crippen LogP contribution in [0.4, 0.5) is 16.0 Å². The molecule has 2 saturated heterocycles. The molecule has 0 bridgehead atoms. The van der Waals surface area contributed by atoms with Crippen LogP contribution < -0.4 is 9.80 Å². The van der Waals surface area contributed by atoms with E-state index in [1.807, 2.05) is 0 Å². The van der Waals surface area contributed by atoms with Crippen molar-refractivity contribution in [3.8, 4) is 0 Å². The largest absolute Gasteiger partial charge is 0.356 e. The molecule has 2 atom stereocenters. The quantitative estimate of drug-likeness (QED) is 0.860. The van der Waals surface area contributed by atoms with Gasteiger partial charge in [0.25, 0.3) is 0 Å². The van der Waals surface area contributed by atoms with E-state index in [1.165, 1.54) is 37.2 Å². The minimum absolute atomic E-state index is 0.277. The van der Waals surface area contributed by atoms with Gasteiger partial charge in [-0.1, -0.05) is 6.42 Å². The zero-order chi connectivity index (χ0) is 16.8. The lowest BCUT2D eigenvalue weighted by atomic mass is 9.83. The van der Waals surface area contributed by atoms with E-state index >= 15 is 0 Å². The monoisotopic (exact) mass is 339 g/mol. The van der Waals surface area contributed by atoms with Crippen molar-refractivity contribution in [1.82, 2.24) is 15.0 Å². The lowest BCUT2D eigenvalue weighted by molar-refractivity contribution is 0.410.